The molecule has 3 rings (SSSR count). The Morgan fingerprint density at radius 3 is 2.52 bits per heavy atom. The fraction of sp³-hybridized carbons (Fsp3) is 0.174. The number of hydrogen-bond acceptors (Lipinski definition) is 4. The van der Waals surface area contributed by atoms with Crippen LogP contribution in [-0.4, -0.2) is 29.2 Å². The highest BCUT2D eigenvalue weighted by Crippen LogP contribution is 2.36. The molecule has 0 fully saturated rings. The first-order valence-electron chi connectivity index (χ1n) is 9.13. The number of carbonyl (C=O) groups is 2. The number of hydrogen-bond donors (Lipinski definition) is 1. The number of aromatic nitrogens is 1. The maximum absolute atomic E-state index is 12.9. The number of nitrogens with zero attached hydrogens (tertiary/aromatic N) is 1. The lowest BCUT2D eigenvalue weighted by Crippen LogP contribution is -2.16. The maximum Gasteiger partial charge on any atom is 0.348 e. The summed E-state index contributed by atoms with van der Waals surface area (Å²) < 4.78 is 4.96. The fourth-order valence-corrected chi connectivity index (χ4v) is 3.49. The predicted octanol–water partition coefficient (Wildman–Crippen LogP) is 4.58. The number of Topliss-reactive ketones (excluding diaryl/α,β-unsaturated/α-hetero) is 1. The van der Waals surface area contributed by atoms with Gasteiger partial charge in [0.2, 0.25) is 0 Å². The van der Waals surface area contributed by atoms with Gasteiger partial charge in [0.15, 0.2) is 5.78 Å². The van der Waals surface area contributed by atoms with E-state index in [1.165, 1.54) is 6.08 Å². The number of ether oxygens (including phenoxy) is 1. The summed E-state index contributed by atoms with van der Waals surface area (Å²) >= 11 is 5.94. The van der Waals surface area contributed by atoms with Crippen molar-refractivity contribution in [1.82, 2.24) is 4.98 Å². The number of esters is 1. The van der Waals surface area contributed by atoms with E-state index in [1.807, 2.05) is 60.7 Å². The quantitative estimate of drug-likeness (QED) is 0.269. The Kier molecular flexibility index (Phi) is 6.48. The second kappa shape index (κ2) is 9.22. The number of aromatic amines is 1. The van der Waals surface area contributed by atoms with Crippen LogP contribution in [0.3, 0.4) is 0 Å². The van der Waals surface area contributed by atoms with Crippen LogP contribution in [0.2, 0.25) is 0 Å². The maximum atomic E-state index is 12.9. The molecule has 1 atom stereocenters. The lowest BCUT2D eigenvalue weighted by Gasteiger charge is -2.16. The van der Waals surface area contributed by atoms with Crippen molar-refractivity contribution < 1.29 is 14.3 Å². The Morgan fingerprint density at radius 1 is 1.17 bits per heavy atom. The van der Waals surface area contributed by atoms with Gasteiger partial charge in [0.05, 0.1) is 18.4 Å². The summed E-state index contributed by atoms with van der Waals surface area (Å²) in [4.78, 5) is 28.2. The van der Waals surface area contributed by atoms with Gasteiger partial charge in [-0.25, -0.2) is 4.79 Å². The van der Waals surface area contributed by atoms with Crippen LogP contribution in [0.1, 0.15) is 29.7 Å². The molecule has 1 N–H and O–H groups in total. The van der Waals surface area contributed by atoms with Gasteiger partial charge in [-0.15, -0.1) is 11.6 Å². The molecule has 0 aliphatic carbocycles. The van der Waals surface area contributed by atoms with Crippen molar-refractivity contribution >= 4 is 40.3 Å². The summed E-state index contributed by atoms with van der Waals surface area (Å²) in [7, 11) is 0. The number of nitrogens with one attached hydrogen (secondary N) is 1. The van der Waals surface area contributed by atoms with Gasteiger partial charge < -0.3 is 9.72 Å². The predicted molar refractivity (Wildman–Crippen MR) is 113 cm³/mol. The first-order valence-corrected chi connectivity index (χ1v) is 9.67. The Labute approximate surface area is 173 Å². The number of rotatable bonds is 7. The van der Waals surface area contributed by atoms with Crippen LogP contribution in [0.15, 0.2) is 60.2 Å². The fourth-order valence-electron chi connectivity index (χ4n) is 3.34. The van der Waals surface area contributed by atoms with E-state index in [0.717, 1.165) is 16.5 Å². The van der Waals surface area contributed by atoms with Crippen LogP contribution in [0.5, 0.6) is 0 Å². The zero-order valence-corrected chi connectivity index (χ0v) is 16.6. The highest BCUT2D eigenvalue weighted by Gasteiger charge is 2.28. The molecule has 6 heteroatoms. The molecule has 0 aliphatic rings. The number of ketones is 1. The zero-order chi connectivity index (χ0) is 20.8. The highest BCUT2D eigenvalue weighted by atomic mass is 35.5. The smallest absolute Gasteiger partial charge is 0.348 e. The van der Waals surface area contributed by atoms with E-state index >= 15 is 0 Å². The summed E-state index contributed by atoms with van der Waals surface area (Å²) in [6.45, 7) is 1.83. The molecule has 1 heterocycles. The SMILES string of the molecule is CCOC(=O)/C(C#N)=C/c1[nH]c2ccccc2c1[C@H](C(=O)CCl)c1ccccc1. The second-order valence-electron chi connectivity index (χ2n) is 6.33. The number of fused-ring (bicyclic) bond motifs is 1. The number of halogens is 1. The average Bonchev–Trinajstić information content (AvgIpc) is 3.11. The number of para-hydroxylation sites is 1. The summed E-state index contributed by atoms with van der Waals surface area (Å²) in [5.41, 5.74) is 2.60. The van der Waals surface area contributed by atoms with Crippen molar-refractivity contribution in [3.05, 3.63) is 77.0 Å². The highest BCUT2D eigenvalue weighted by molar-refractivity contribution is 6.29. The molecule has 29 heavy (non-hydrogen) atoms. The molecule has 0 radical (unpaired) electrons. The molecule has 0 amide bonds. The van der Waals surface area contributed by atoms with Crippen molar-refractivity contribution in [1.29, 1.82) is 5.26 Å². The van der Waals surface area contributed by atoms with Gasteiger partial charge in [-0.05, 0) is 30.2 Å². The molecule has 146 valence electrons. The number of H-pyrrole nitrogens is 1. The van der Waals surface area contributed by atoms with E-state index < -0.39 is 11.9 Å². The molecule has 0 bridgehead atoms. The Bertz CT molecular complexity index is 1110. The number of alkyl halides is 1. The molecule has 0 aliphatic heterocycles. The van der Waals surface area contributed by atoms with Crippen LogP contribution < -0.4 is 0 Å². The Balaban J connectivity index is 2.28. The van der Waals surface area contributed by atoms with E-state index in [2.05, 4.69) is 4.98 Å². The minimum absolute atomic E-state index is 0.148. The van der Waals surface area contributed by atoms with Crippen LogP contribution in [-0.2, 0) is 14.3 Å². The summed E-state index contributed by atoms with van der Waals surface area (Å²) in [6, 6.07) is 18.7. The molecule has 2 aromatic carbocycles. The number of nitriles is 1. The standard InChI is InChI=1S/C23H19ClN2O3/c1-2-29-23(28)16(14-25)12-19-22(17-10-6-7-11-18(17)26-19)21(20(27)13-24)15-8-4-3-5-9-15/h3-12,21,26H,2,13H2,1H3/b16-12+/t21-/m0/s1. The minimum Gasteiger partial charge on any atom is -0.462 e. The Morgan fingerprint density at radius 2 is 1.86 bits per heavy atom. The van der Waals surface area contributed by atoms with Gasteiger partial charge in [-0.2, -0.15) is 5.26 Å². The van der Waals surface area contributed by atoms with Crippen molar-refractivity contribution in [2.24, 2.45) is 0 Å². The first kappa shape index (κ1) is 20.4. The van der Waals surface area contributed by atoms with Gasteiger partial charge in [-0.3, -0.25) is 4.79 Å². The van der Waals surface area contributed by atoms with E-state index in [1.54, 1.807) is 6.92 Å². The largest absolute Gasteiger partial charge is 0.462 e. The normalized spacial score (nSPS) is 12.4. The number of carbonyl (C=O) groups excluding carboxylic acids is 2. The molecule has 0 saturated heterocycles. The van der Waals surface area contributed by atoms with E-state index in [-0.39, 0.29) is 23.8 Å². The topological polar surface area (TPSA) is 82.9 Å². The third-order valence-corrected chi connectivity index (χ3v) is 4.82. The van der Waals surface area contributed by atoms with Gasteiger partial charge >= 0.3 is 5.97 Å². The molecular weight excluding hydrogens is 388 g/mol. The van der Waals surface area contributed by atoms with Gasteiger partial charge in [0, 0.05) is 16.6 Å². The van der Waals surface area contributed by atoms with Crippen LogP contribution >= 0.6 is 11.6 Å². The third kappa shape index (κ3) is 4.23. The van der Waals surface area contributed by atoms with Crippen molar-refractivity contribution in [2.75, 3.05) is 12.5 Å². The molecule has 0 spiro atoms. The van der Waals surface area contributed by atoms with Crippen molar-refractivity contribution in [3.63, 3.8) is 0 Å². The number of benzene rings is 2. The van der Waals surface area contributed by atoms with Gasteiger partial charge in [-0.1, -0.05) is 48.5 Å². The van der Waals surface area contributed by atoms with E-state index in [0.29, 0.717) is 11.3 Å². The monoisotopic (exact) mass is 406 g/mol. The first-order chi connectivity index (χ1) is 14.1. The van der Waals surface area contributed by atoms with E-state index in [4.69, 9.17) is 16.3 Å². The van der Waals surface area contributed by atoms with E-state index in [9.17, 15) is 14.9 Å². The molecule has 0 unspecified atom stereocenters. The van der Waals surface area contributed by atoms with Crippen molar-refractivity contribution in [3.8, 4) is 6.07 Å². The Hall–Kier alpha value is -3.36. The van der Waals surface area contributed by atoms with Crippen LogP contribution in [0, 0.1) is 11.3 Å². The molecule has 3 aromatic rings. The van der Waals surface area contributed by atoms with Gasteiger partial charge in [0.25, 0.3) is 0 Å². The lowest BCUT2D eigenvalue weighted by atomic mass is 9.86. The third-order valence-electron chi connectivity index (χ3n) is 4.56. The minimum atomic E-state index is -0.709. The molecule has 5 nitrogen and oxygen atoms in total. The summed E-state index contributed by atoms with van der Waals surface area (Å²) in [5.74, 6) is -1.68. The second-order valence-corrected chi connectivity index (χ2v) is 6.60. The molecular formula is C23H19ClN2O3. The zero-order valence-electron chi connectivity index (χ0n) is 15.8. The summed E-state index contributed by atoms with van der Waals surface area (Å²) in [5, 5.41) is 10.3. The van der Waals surface area contributed by atoms with Crippen LogP contribution in [0.4, 0.5) is 0 Å². The molecule has 0 saturated carbocycles. The van der Waals surface area contributed by atoms with Crippen LogP contribution in [0.25, 0.3) is 17.0 Å². The molecule has 1 aromatic heterocycles. The average molecular weight is 407 g/mol. The van der Waals surface area contributed by atoms with Gasteiger partial charge in [0.1, 0.15) is 11.6 Å². The summed E-state index contributed by atoms with van der Waals surface area (Å²) in [6.07, 6.45) is 1.44. The van der Waals surface area contributed by atoms with Crippen molar-refractivity contribution in [2.45, 2.75) is 12.8 Å². The lowest BCUT2D eigenvalue weighted by molar-refractivity contribution is -0.137.